The van der Waals surface area contributed by atoms with Gasteiger partial charge in [-0.1, -0.05) is 30.3 Å². The third-order valence-corrected chi connectivity index (χ3v) is 4.37. The van der Waals surface area contributed by atoms with E-state index < -0.39 is 5.97 Å². The van der Waals surface area contributed by atoms with E-state index >= 15 is 0 Å². The molecule has 0 aliphatic heterocycles. The van der Waals surface area contributed by atoms with Crippen LogP contribution in [-0.4, -0.2) is 17.6 Å². The molecule has 1 aliphatic carbocycles. The molecule has 4 N–H and O–H groups in total. The van der Waals surface area contributed by atoms with Crippen LogP contribution in [0.5, 0.6) is 0 Å². The van der Waals surface area contributed by atoms with E-state index in [-0.39, 0.29) is 11.8 Å². The van der Waals surface area contributed by atoms with Gasteiger partial charge >= 0.3 is 5.97 Å². The molecule has 0 heterocycles. The summed E-state index contributed by atoms with van der Waals surface area (Å²) in [4.78, 5) is 11.0. The number of hydrogen-bond donors (Lipinski definition) is 2. The first-order valence-electron chi connectivity index (χ1n) is 6.71. The molecule has 0 amide bonds. The van der Waals surface area contributed by atoms with Gasteiger partial charge in [0, 0.05) is 5.41 Å². The summed E-state index contributed by atoms with van der Waals surface area (Å²) in [5, 5.41) is 9.02. The Labute approximate surface area is 108 Å². The SMILES string of the molecule is [NH3+]CC1(CC(=O)O)CCC(c2ccccc2)CC1. The second kappa shape index (κ2) is 5.53. The number of quaternary nitrogens is 1. The van der Waals surface area contributed by atoms with Gasteiger partial charge in [-0.15, -0.1) is 0 Å². The van der Waals surface area contributed by atoms with Gasteiger partial charge < -0.3 is 10.8 Å². The van der Waals surface area contributed by atoms with Gasteiger partial charge in [0.25, 0.3) is 0 Å². The van der Waals surface area contributed by atoms with Crippen LogP contribution in [0, 0.1) is 5.41 Å². The number of rotatable bonds is 4. The molecule has 18 heavy (non-hydrogen) atoms. The average molecular weight is 248 g/mol. The molecule has 1 fully saturated rings. The molecule has 3 heteroatoms. The van der Waals surface area contributed by atoms with E-state index in [1.165, 1.54) is 5.56 Å². The summed E-state index contributed by atoms with van der Waals surface area (Å²) < 4.78 is 0. The molecule has 98 valence electrons. The van der Waals surface area contributed by atoms with E-state index in [1.807, 2.05) is 6.07 Å². The summed E-state index contributed by atoms with van der Waals surface area (Å²) in [6, 6.07) is 10.6. The average Bonchev–Trinajstić information content (AvgIpc) is 2.40. The minimum absolute atomic E-state index is 0.0584. The van der Waals surface area contributed by atoms with E-state index in [9.17, 15) is 4.79 Å². The lowest BCUT2D eigenvalue weighted by Crippen LogP contribution is -2.59. The highest BCUT2D eigenvalue weighted by Crippen LogP contribution is 2.44. The summed E-state index contributed by atoms with van der Waals surface area (Å²) in [5.41, 5.74) is 5.30. The second-order valence-electron chi connectivity index (χ2n) is 5.51. The van der Waals surface area contributed by atoms with Gasteiger partial charge in [-0.05, 0) is 37.2 Å². The van der Waals surface area contributed by atoms with Crippen LogP contribution >= 0.6 is 0 Å². The van der Waals surface area contributed by atoms with Crippen LogP contribution in [0.3, 0.4) is 0 Å². The van der Waals surface area contributed by atoms with Crippen molar-refractivity contribution >= 4 is 5.97 Å². The van der Waals surface area contributed by atoms with Crippen LogP contribution in [-0.2, 0) is 4.79 Å². The van der Waals surface area contributed by atoms with Crippen molar-refractivity contribution in [1.82, 2.24) is 0 Å². The molecule has 3 nitrogen and oxygen atoms in total. The third-order valence-electron chi connectivity index (χ3n) is 4.37. The maximum atomic E-state index is 11.0. The fourth-order valence-electron chi connectivity index (χ4n) is 3.12. The highest BCUT2D eigenvalue weighted by molar-refractivity contribution is 5.67. The van der Waals surface area contributed by atoms with Crippen molar-refractivity contribution < 1.29 is 15.6 Å². The van der Waals surface area contributed by atoms with Gasteiger partial charge in [-0.25, -0.2) is 0 Å². The Kier molecular flexibility index (Phi) is 4.02. The number of benzene rings is 1. The van der Waals surface area contributed by atoms with Gasteiger partial charge in [-0.3, -0.25) is 4.79 Å². The Balaban J connectivity index is 2.00. The number of carboxylic acids is 1. The molecule has 0 radical (unpaired) electrons. The van der Waals surface area contributed by atoms with Gasteiger partial charge in [-0.2, -0.15) is 0 Å². The topological polar surface area (TPSA) is 64.9 Å². The molecular formula is C15H22NO2+. The standard InChI is InChI=1S/C15H21NO2/c16-11-15(10-14(17)18)8-6-13(7-9-15)12-4-2-1-3-5-12/h1-5,13H,6-11,16H2,(H,17,18)/p+1. The van der Waals surface area contributed by atoms with Crippen LogP contribution in [0.25, 0.3) is 0 Å². The predicted molar refractivity (Wildman–Crippen MR) is 70.1 cm³/mol. The molecule has 0 bridgehead atoms. The quantitative estimate of drug-likeness (QED) is 0.856. The Morgan fingerprint density at radius 2 is 1.89 bits per heavy atom. The lowest BCUT2D eigenvalue weighted by Gasteiger charge is -2.37. The summed E-state index contributed by atoms with van der Waals surface area (Å²) in [6.07, 6.45) is 4.43. The van der Waals surface area contributed by atoms with Gasteiger partial charge in [0.15, 0.2) is 0 Å². The maximum Gasteiger partial charge on any atom is 0.304 e. The first-order valence-corrected chi connectivity index (χ1v) is 6.71. The van der Waals surface area contributed by atoms with E-state index in [2.05, 4.69) is 30.0 Å². The van der Waals surface area contributed by atoms with Crippen molar-refractivity contribution in [2.45, 2.75) is 38.0 Å². The highest BCUT2D eigenvalue weighted by Gasteiger charge is 2.38. The number of hydrogen-bond acceptors (Lipinski definition) is 1. The summed E-state index contributed by atoms with van der Waals surface area (Å²) in [7, 11) is 0. The smallest absolute Gasteiger partial charge is 0.304 e. The fourth-order valence-corrected chi connectivity index (χ4v) is 3.12. The molecular weight excluding hydrogens is 226 g/mol. The van der Waals surface area contributed by atoms with E-state index in [0.29, 0.717) is 5.92 Å². The lowest BCUT2D eigenvalue weighted by molar-refractivity contribution is -0.395. The first kappa shape index (κ1) is 13.1. The van der Waals surface area contributed by atoms with Crippen LogP contribution in [0.15, 0.2) is 30.3 Å². The highest BCUT2D eigenvalue weighted by atomic mass is 16.4. The second-order valence-corrected chi connectivity index (χ2v) is 5.51. The van der Waals surface area contributed by atoms with Gasteiger partial charge in [0.2, 0.25) is 0 Å². The predicted octanol–water partition coefficient (Wildman–Crippen LogP) is 2.05. The van der Waals surface area contributed by atoms with Crippen molar-refractivity contribution in [3.05, 3.63) is 35.9 Å². The number of aliphatic carboxylic acids is 1. The monoisotopic (exact) mass is 248 g/mol. The number of carboxylic acid groups (broad SMARTS) is 1. The van der Waals surface area contributed by atoms with Crippen LogP contribution in [0.4, 0.5) is 0 Å². The minimum atomic E-state index is -0.684. The lowest BCUT2D eigenvalue weighted by atomic mass is 9.67. The molecule has 1 aliphatic rings. The van der Waals surface area contributed by atoms with Gasteiger partial charge in [0.05, 0.1) is 13.0 Å². The fraction of sp³-hybridized carbons (Fsp3) is 0.533. The van der Waals surface area contributed by atoms with E-state index in [0.717, 1.165) is 32.2 Å². The van der Waals surface area contributed by atoms with Crippen molar-refractivity contribution in [3.8, 4) is 0 Å². The zero-order chi connectivity index (χ0) is 13.0. The van der Waals surface area contributed by atoms with E-state index in [4.69, 9.17) is 5.11 Å². The number of carbonyl (C=O) groups is 1. The molecule has 1 aromatic rings. The molecule has 2 rings (SSSR count). The zero-order valence-electron chi connectivity index (χ0n) is 10.8. The van der Waals surface area contributed by atoms with Crippen molar-refractivity contribution in [2.75, 3.05) is 6.54 Å². The largest absolute Gasteiger partial charge is 0.481 e. The maximum absolute atomic E-state index is 11.0. The van der Waals surface area contributed by atoms with Crippen LogP contribution in [0.2, 0.25) is 0 Å². The van der Waals surface area contributed by atoms with Crippen molar-refractivity contribution in [2.24, 2.45) is 5.41 Å². The first-order chi connectivity index (χ1) is 8.65. The normalized spacial score (nSPS) is 27.9. The zero-order valence-corrected chi connectivity index (χ0v) is 10.8. The Morgan fingerprint density at radius 3 is 2.39 bits per heavy atom. The molecule has 0 spiro atoms. The molecule has 0 atom stereocenters. The van der Waals surface area contributed by atoms with Crippen LogP contribution < -0.4 is 5.73 Å². The molecule has 0 saturated heterocycles. The van der Waals surface area contributed by atoms with Crippen molar-refractivity contribution in [3.63, 3.8) is 0 Å². The third kappa shape index (κ3) is 2.91. The molecule has 0 unspecified atom stereocenters. The Bertz CT molecular complexity index is 394. The summed E-state index contributed by atoms with van der Waals surface area (Å²) in [5.74, 6) is -0.0866. The Morgan fingerprint density at radius 1 is 1.28 bits per heavy atom. The van der Waals surface area contributed by atoms with E-state index in [1.54, 1.807) is 0 Å². The Hall–Kier alpha value is -1.35. The molecule has 1 saturated carbocycles. The summed E-state index contributed by atoms with van der Waals surface area (Å²) >= 11 is 0. The van der Waals surface area contributed by atoms with Gasteiger partial charge in [0.1, 0.15) is 0 Å². The van der Waals surface area contributed by atoms with Crippen molar-refractivity contribution in [1.29, 1.82) is 0 Å². The van der Waals surface area contributed by atoms with Crippen LogP contribution in [0.1, 0.15) is 43.6 Å². The summed E-state index contributed by atoms with van der Waals surface area (Å²) in [6.45, 7) is 0.737. The molecule has 1 aromatic carbocycles. The molecule has 0 aromatic heterocycles. The minimum Gasteiger partial charge on any atom is -0.481 e.